The summed E-state index contributed by atoms with van der Waals surface area (Å²) in [6.45, 7) is 3.11. The van der Waals surface area contributed by atoms with Gasteiger partial charge in [-0.1, -0.05) is 60.3 Å². The van der Waals surface area contributed by atoms with Crippen molar-refractivity contribution in [2.45, 2.75) is 19.5 Å². The number of fused-ring (bicyclic) bond motifs is 1. The third kappa shape index (κ3) is 3.65. The first-order chi connectivity index (χ1) is 12.2. The van der Waals surface area contributed by atoms with E-state index in [4.69, 9.17) is 0 Å². The molecule has 0 spiro atoms. The van der Waals surface area contributed by atoms with Gasteiger partial charge in [0.15, 0.2) is 0 Å². The largest absolute Gasteiger partial charge is 0.332 e. The lowest BCUT2D eigenvalue weighted by atomic mass is 9.99. The zero-order chi connectivity index (χ0) is 17.2. The van der Waals surface area contributed by atoms with Crippen LogP contribution in [0.3, 0.4) is 0 Å². The van der Waals surface area contributed by atoms with E-state index >= 15 is 0 Å². The molecule has 2 heterocycles. The fourth-order valence-electron chi connectivity index (χ4n) is 3.40. The van der Waals surface area contributed by atoms with E-state index in [0.717, 1.165) is 42.4 Å². The Morgan fingerprint density at radius 3 is 2.56 bits per heavy atom. The molecule has 0 bridgehead atoms. The van der Waals surface area contributed by atoms with Crippen molar-refractivity contribution in [1.29, 1.82) is 0 Å². The molecule has 1 fully saturated rings. The molecule has 1 saturated heterocycles. The van der Waals surface area contributed by atoms with Crippen LogP contribution >= 0.6 is 11.8 Å². The molecular weight excluding hydrogens is 328 g/mol. The Labute approximate surface area is 153 Å². The normalized spacial score (nSPS) is 19.5. The molecule has 25 heavy (non-hydrogen) atoms. The van der Waals surface area contributed by atoms with Crippen LogP contribution in [0.2, 0.25) is 0 Å². The SMILES string of the molecule is CN1CSC(=Cc2ccc(CN3CCc4ccccc4C3)cc2)C1=O. The minimum atomic E-state index is 0.126. The Balaban J connectivity index is 1.42. The molecule has 0 radical (unpaired) electrons. The zero-order valence-corrected chi connectivity index (χ0v) is 15.3. The molecule has 2 aromatic rings. The maximum absolute atomic E-state index is 12.0. The van der Waals surface area contributed by atoms with Crippen LogP contribution in [-0.4, -0.2) is 35.2 Å². The fourth-order valence-corrected chi connectivity index (χ4v) is 4.34. The highest BCUT2D eigenvalue weighted by Gasteiger charge is 2.23. The maximum Gasteiger partial charge on any atom is 0.260 e. The second-order valence-corrected chi connectivity index (χ2v) is 7.74. The van der Waals surface area contributed by atoms with Gasteiger partial charge in [-0.05, 0) is 34.8 Å². The molecule has 2 aliphatic rings. The standard InChI is InChI=1S/C21H22N2OS/c1-22-15-25-20(21(22)24)12-16-6-8-17(9-7-16)13-23-11-10-18-4-2-3-5-19(18)14-23/h2-9,12H,10-11,13-15H2,1H3. The topological polar surface area (TPSA) is 23.6 Å². The first kappa shape index (κ1) is 16.4. The van der Waals surface area contributed by atoms with E-state index in [1.54, 1.807) is 16.7 Å². The molecule has 0 aromatic heterocycles. The molecule has 0 N–H and O–H groups in total. The highest BCUT2D eigenvalue weighted by Crippen LogP contribution is 2.28. The number of thioether (sulfide) groups is 1. The van der Waals surface area contributed by atoms with E-state index in [9.17, 15) is 4.79 Å². The molecule has 0 saturated carbocycles. The van der Waals surface area contributed by atoms with Crippen molar-refractivity contribution in [2.75, 3.05) is 19.5 Å². The lowest BCUT2D eigenvalue weighted by Gasteiger charge is -2.28. The fraction of sp³-hybridized carbons (Fsp3) is 0.286. The minimum Gasteiger partial charge on any atom is -0.332 e. The van der Waals surface area contributed by atoms with Crippen molar-refractivity contribution in [3.05, 3.63) is 75.7 Å². The van der Waals surface area contributed by atoms with E-state index in [0.29, 0.717) is 0 Å². The number of carbonyl (C=O) groups excluding carboxylic acids is 1. The monoisotopic (exact) mass is 350 g/mol. The van der Waals surface area contributed by atoms with E-state index in [-0.39, 0.29) is 5.91 Å². The molecule has 0 unspecified atom stereocenters. The second-order valence-electron chi connectivity index (χ2n) is 6.76. The number of likely N-dealkylation sites (N-methyl/N-ethyl adjacent to an activating group) is 1. The molecular formula is C21H22N2OS. The summed E-state index contributed by atoms with van der Waals surface area (Å²) in [5.74, 6) is 0.875. The lowest BCUT2D eigenvalue weighted by Crippen LogP contribution is -2.29. The highest BCUT2D eigenvalue weighted by atomic mass is 32.2. The van der Waals surface area contributed by atoms with Crippen LogP contribution in [-0.2, 0) is 24.3 Å². The first-order valence-electron chi connectivity index (χ1n) is 8.67. The average Bonchev–Trinajstić information content (AvgIpc) is 2.95. The van der Waals surface area contributed by atoms with E-state index in [1.165, 1.54) is 16.7 Å². The van der Waals surface area contributed by atoms with Crippen LogP contribution in [0.4, 0.5) is 0 Å². The Morgan fingerprint density at radius 1 is 1.08 bits per heavy atom. The summed E-state index contributed by atoms with van der Waals surface area (Å²) in [5, 5.41) is 0. The number of nitrogens with zero attached hydrogens (tertiary/aromatic N) is 2. The minimum absolute atomic E-state index is 0.126. The smallest absolute Gasteiger partial charge is 0.260 e. The molecule has 128 valence electrons. The molecule has 1 amide bonds. The van der Waals surface area contributed by atoms with Crippen LogP contribution in [0.25, 0.3) is 6.08 Å². The Kier molecular flexibility index (Phi) is 4.64. The van der Waals surface area contributed by atoms with Gasteiger partial charge in [-0.15, -0.1) is 0 Å². The van der Waals surface area contributed by atoms with Gasteiger partial charge in [0, 0.05) is 26.7 Å². The number of hydrogen-bond acceptors (Lipinski definition) is 3. The number of carbonyl (C=O) groups is 1. The molecule has 0 aliphatic carbocycles. The first-order valence-corrected chi connectivity index (χ1v) is 9.65. The summed E-state index contributed by atoms with van der Waals surface area (Å²) in [5.41, 5.74) is 5.36. The van der Waals surface area contributed by atoms with Crippen LogP contribution in [0.1, 0.15) is 22.3 Å². The van der Waals surface area contributed by atoms with Crippen LogP contribution in [0.5, 0.6) is 0 Å². The van der Waals surface area contributed by atoms with Crippen molar-refractivity contribution in [3.8, 4) is 0 Å². The van der Waals surface area contributed by atoms with Gasteiger partial charge in [0.25, 0.3) is 5.91 Å². The molecule has 3 nitrogen and oxygen atoms in total. The number of hydrogen-bond donors (Lipinski definition) is 0. The molecule has 0 atom stereocenters. The molecule has 4 rings (SSSR count). The van der Waals surface area contributed by atoms with Gasteiger partial charge >= 0.3 is 0 Å². The van der Waals surface area contributed by atoms with Crippen molar-refractivity contribution < 1.29 is 4.79 Å². The van der Waals surface area contributed by atoms with Gasteiger partial charge < -0.3 is 4.90 Å². The van der Waals surface area contributed by atoms with E-state index in [2.05, 4.69) is 53.4 Å². The zero-order valence-electron chi connectivity index (χ0n) is 14.4. The molecule has 4 heteroatoms. The Morgan fingerprint density at radius 2 is 1.84 bits per heavy atom. The number of amides is 1. The van der Waals surface area contributed by atoms with Crippen molar-refractivity contribution in [1.82, 2.24) is 9.80 Å². The highest BCUT2D eigenvalue weighted by molar-refractivity contribution is 8.04. The van der Waals surface area contributed by atoms with Gasteiger partial charge in [0.05, 0.1) is 10.8 Å². The third-order valence-electron chi connectivity index (χ3n) is 4.86. The van der Waals surface area contributed by atoms with Crippen molar-refractivity contribution in [3.63, 3.8) is 0 Å². The Bertz CT molecular complexity index is 813. The predicted molar refractivity (Wildman–Crippen MR) is 104 cm³/mol. The number of rotatable bonds is 3. The van der Waals surface area contributed by atoms with Gasteiger partial charge in [-0.2, -0.15) is 0 Å². The summed E-state index contributed by atoms with van der Waals surface area (Å²) >= 11 is 1.61. The van der Waals surface area contributed by atoms with Crippen LogP contribution < -0.4 is 0 Å². The van der Waals surface area contributed by atoms with Crippen molar-refractivity contribution >= 4 is 23.7 Å². The average molecular weight is 350 g/mol. The van der Waals surface area contributed by atoms with E-state index in [1.807, 2.05) is 13.1 Å². The van der Waals surface area contributed by atoms with Gasteiger partial charge in [-0.25, -0.2) is 0 Å². The van der Waals surface area contributed by atoms with Crippen molar-refractivity contribution in [2.24, 2.45) is 0 Å². The van der Waals surface area contributed by atoms with Crippen LogP contribution in [0, 0.1) is 0 Å². The summed E-state index contributed by atoms with van der Waals surface area (Å²) in [6, 6.07) is 17.3. The summed E-state index contributed by atoms with van der Waals surface area (Å²) in [7, 11) is 1.84. The molecule has 2 aromatic carbocycles. The molecule has 2 aliphatic heterocycles. The summed E-state index contributed by atoms with van der Waals surface area (Å²) in [6.07, 6.45) is 3.13. The Hall–Kier alpha value is -2.04. The number of benzene rings is 2. The maximum atomic E-state index is 12.0. The summed E-state index contributed by atoms with van der Waals surface area (Å²) in [4.78, 5) is 17.1. The quantitative estimate of drug-likeness (QED) is 0.788. The summed E-state index contributed by atoms with van der Waals surface area (Å²) < 4.78 is 0. The lowest BCUT2D eigenvalue weighted by molar-refractivity contribution is -0.123. The predicted octanol–water partition coefficient (Wildman–Crippen LogP) is 3.75. The van der Waals surface area contributed by atoms with Crippen LogP contribution in [0.15, 0.2) is 53.4 Å². The van der Waals surface area contributed by atoms with Gasteiger partial charge in [-0.3, -0.25) is 9.69 Å². The van der Waals surface area contributed by atoms with E-state index < -0.39 is 0 Å². The van der Waals surface area contributed by atoms with Gasteiger partial charge in [0.1, 0.15) is 0 Å². The van der Waals surface area contributed by atoms with Gasteiger partial charge in [0.2, 0.25) is 0 Å². The third-order valence-corrected chi connectivity index (χ3v) is 5.98. The second kappa shape index (κ2) is 7.06.